The third kappa shape index (κ3) is 5.86. The highest BCUT2D eigenvalue weighted by Crippen LogP contribution is 2.05. The van der Waals surface area contributed by atoms with Crippen molar-refractivity contribution < 1.29 is 14.0 Å². The maximum atomic E-state index is 12.8. The van der Waals surface area contributed by atoms with Gasteiger partial charge in [-0.05, 0) is 36.2 Å². The molecule has 0 atom stereocenters. The Hall–Kier alpha value is -2.76. The summed E-state index contributed by atoms with van der Waals surface area (Å²) in [6, 6.07) is 9.44. The van der Waals surface area contributed by atoms with E-state index in [1.807, 2.05) is 0 Å². The van der Waals surface area contributed by atoms with Crippen LogP contribution in [0, 0.1) is 5.82 Å². The van der Waals surface area contributed by atoms with Crippen LogP contribution in [0.1, 0.15) is 22.3 Å². The number of pyridine rings is 1. The summed E-state index contributed by atoms with van der Waals surface area (Å²) >= 11 is 0. The lowest BCUT2D eigenvalue weighted by molar-refractivity contribution is -0.121. The Morgan fingerprint density at radius 1 is 1.04 bits per heavy atom. The summed E-state index contributed by atoms with van der Waals surface area (Å²) in [5.74, 6) is -0.619. The molecular formula is C17H18FN3O2. The molecule has 1 aromatic heterocycles. The van der Waals surface area contributed by atoms with Gasteiger partial charge in [-0.3, -0.25) is 14.6 Å². The van der Waals surface area contributed by atoms with E-state index in [-0.39, 0.29) is 17.6 Å². The van der Waals surface area contributed by atoms with E-state index in [1.54, 1.807) is 30.5 Å². The summed E-state index contributed by atoms with van der Waals surface area (Å²) in [5, 5.41) is 5.43. The Morgan fingerprint density at radius 3 is 2.48 bits per heavy atom. The van der Waals surface area contributed by atoms with E-state index >= 15 is 0 Å². The first-order chi connectivity index (χ1) is 11.1. The Balaban J connectivity index is 1.61. The number of halogens is 1. The molecule has 6 heteroatoms. The van der Waals surface area contributed by atoms with Gasteiger partial charge in [0.2, 0.25) is 5.91 Å². The Morgan fingerprint density at radius 2 is 1.78 bits per heavy atom. The van der Waals surface area contributed by atoms with Gasteiger partial charge in [-0.2, -0.15) is 0 Å². The molecule has 2 rings (SSSR count). The van der Waals surface area contributed by atoms with E-state index in [1.165, 1.54) is 18.3 Å². The molecule has 2 aromatic rings. The fraction of sp³-hybridized carbons (Fsp3) is 0.235. The first-order valence-electron chi connectivity index (χ1n) is 7.34. The number of carbonyl (C=O) groups is 2. The summed E-state index contributed by atoms with van der Waals surface area (Å²) in [6.07, 6.45) is 3.95. The van der Waals surface area contributed by atoms with Gasteiger partial charge in [-0.25, -0.2) is 4.39 Å². The number of aromatic nitrogens is 1. The van der Waals surface area contributed by atoms with E-state index in [4.69, 9.17) is 0 Å². The smallest absolute Gasteiger partial charge is 0.252 e. The molecule has 0 aliphatic heterocycles. The lowest BCUT2D eigenvalue weighted by atomic mass is 10.1. The van der Waals surface area contributed by atoms with Crippen molar-refractivity contribution in [2.24, 2.45) is 0 Å². The van der Waals surface area contributed by atoms with E-state index in [9.17, 15) is 14.0 Å². The van der Waals surface area contributed by atoms with Gasteiger partial charge in [0.15, 0.2) is 0 Å². The number of nitrogens with zero attached hydrogens (tertiary/aromatic N) is 1. The third-order valence-electron chi connectivity index (χ3n) is 3.21. The van der Waals surface area contributed by atoms with Crippen molar-refractivity contribution in [1.29, 1.82) is 0 Å². The van der Waals surface area contributed by atoms with Crippen molar-refractivity contribution in [2.45, 2.75) is 12.8 Å². The molecule has 0 spiro atoms. The van der Waals surface area contributed by atoms with Crippen LogP contribution in [0.25, 0.3) is 0 Å². The highest BCUT2D eigenvalue weighted by atomic mass is 19.1. The number of rotatable bonds is 7. The maximum absolute atomic E-state index is 12.8. The topological polar surface area (TPSA) is 71.1 Å². The molecule has 0 fully saturated rings. The molecule has 0 radical (unpaired) electrons. The largest absolute Gasteiger partial charge is 0.354 e. The Labute approximate surface area is 133 Å². The monoisotopic (exact) mass is 315 g/mol. The summed E-state index contributed by atoms with van der Waals surface area (Å²) in [7, 11) is 0. The van der Waals surface area contributed by atoms with Gasteiger partial charge in [0.25, 0.3) is 5.91 Å². The van der Waals surface area contributed by atoms with Gasteiger partial charge < -0.3 is 10.6 Å². The standard InChI is InChI=1S/C17H18FN3O2/c18-15-6-3-13(4-7-15)5-8-16(22)20-10-11-21-17(23)14-2-1-9-19-12-14/h1-4,6-7,9,12H,5,8,10-11H2,(H,20,22)(H,21,23). The zero-order valence-electron chi connectivity index (χ0n) is 12.6. The number of nitrogens with one attached hydrogen (secondary N) is 2. The van der Waals surface area contributed by atoms with E-state index < -0.39 is 0 Å². The molecule has 1 heterocycles. The van der Waals surface area contributed by atoms with Crippen molar-refractivity contribution in [3.63, 3.8) is 0 Å². The van der Waals surface area contributed by atoms with Crippen LogP contribution < -0.4 is 10.6 Å². The van der Waals surface area contributed by atoms with Gasteiger partial charge in [0, 0.05) is 31.9 Å². The molecule has 0 saturated carbocycles. The van der Waals surface area contributed by atoms with Crippen molar-refractivity contribution in [1.82, 2.24) is 15.6 Å². The van der Waals surface area contributed by atoms with Crippen molar-refractivity contribution >= 4 is 11.8 Å². The predicted molar refractivity (Wildman–Crippen MR) is 84.3 cm³/mol. The molecule has 120 valence electrons. The number of carbonyl (C=O) groups excluding carboxylic acids is 2. The minimum Gasteiger partial charge on any atom is -0.354 e. The van der Waals surface area contributed by atoms with Crippen LogP contribution in [0.3, 0.4) is 0 Å². The normalized spacial score (nSPS) is 10.1. The lowest BCUT2D eigenvalue weighted by Gasteiger charge is -2.07. The zero-order chi connectivity index (χ0) is 16.5. The number of aryl methyl sites for hydroxylation is 1. The zero-order valence-corrected chi connectivity index (χ0v) is 12.6. The molecule has 23 heavy (non-hydrogen) atoms. The maximum Gasteiger partial charge on any atom is 0.252 e. The molecule has 0 aliphatic rings. The number of hydrogen-bond donors (Lipinski definition) is 2. The number of amides is 2. The number of benzene rings is 1. The van der Waals surface area contributed by atoms with Crippen molar-refractivity contribution in [2.75, 3.05) is 13.1 Å². The van der Waals surface area contributed by atoms with Gasteiger partial charge in [-0.1, -0.05) is 12.1 Å². The van der Waals surface area contributed by atoms with Crippen LogP contribution in [0.4, 0.5) is 4.39 Å². The van der Waals surface area contributed by atoms with Crippen LogP contribution >= 0.6 is 0 Å². The molecule has 0 unspecified atom stereocenters. The van der Waals surface area contributed by atoms with Crippen LogP contribution in [0.15, 0.2) is 48.8 Å². The fourth-order valence-corrected chi connectivity index (χ4v) is 1.97. The molecule has 5 nitrogen and oxygen atoms in total. The SMILES string of the molecule is O=C(CCc1ccc(F)cc1)NCCNC(=O)c1cccnc1. The second kappa shape index (κ2) is 8.63. The van der Waals surface area contributed by atoms with E-state index in [0.29, 0.717) is 31.5 Å². The van der Waals surface area contributed by atoms with E-state index in [0.717, 1.165) is 5.56 Å². The lowest BCUT2D eigenvalue weighted by Crippen LogP contribution is -2.34. The van der Waals surface area contributed by atoms with Crippen molar-refractivity contribution in [3.8, 4) is 0 Å². The summed E-state index contributed by atoms with van der Waals surface area (Å²) in [4.78, 5) is 27.3. The van der Waals surface area contributed by atoms with E-state index in [2.05, 4.69) is 15.6 Å². The van der Waals surface area contributed by atoms with Crippen LogP contribution in [-0.4, -0.2) is 29.9 Å². The fourth-order valence-electron chi connectivity index (χ4n) is 1.97. The summed E-state index contributed by atoms with van der Waals surface area (Å²) in [5.41, 5.74) is 1.39. The van der Waals surface area contributed by atoms with Gasteiger partial charge in [0.05, 0.1) is 5.56 Å². The van der Waals surface area contributed by atoms with Crippen LogP contribution in [0.2, 0.25) is 0 Å². The van der Waals surface area contributed by atoms with Crippen LogP contribution in [0.5, 0.6) is 0 Å². The molecule has 0 bridgehead atoms. The quantitative estimate of drug-likeness (QED) is 0.764. The minimum absolute atomic E-state index is 0.107. The van der Waals surface area contributed by atoms with Crippen LogP contribution in [-0.2, 0) is 11.2 Å². The first kappa shape index (κ1) is 16.6. The molecule has 0 aliphatic carbocycles. The molecule has 2 amide bonds. The van der Waals surface area contributed by atoms with Crippen molar-refractivity contribution in [3.05, 3.63) is 65.7 Å². The first-order valence-corrected chi connectivity index (χ1v) is 7.34. The van der Waals surface area contributed by atoms with Gasteiger partial charge in [-0.15, -0.1) is 0 Å². The molecule has 0 saturated heterocycles. The molecular weight excluding hydrogens is 297 g/mol. The minimum atomic E-state index is -0.289. The Kier molecular flexibility index (Phi) is 6.23. The third-order valence-corrected chi connectivity index (χ3v) is 3.21. The second-order valence-electron chi connectivity index (χ2n) is 4.97. The summed E-state index contributed by atoms with van der Waals surface area (Å²) < 4.78 is 12.8. The molecule has 2 N–H and O–H groups in total. The predicted octanol–water partition coefficient (Wildman–Crippen LogP) is 1.70. The second-order valence-corrected chi connectivity index (χ2v) is 4.97. The highest BCUT2D eigenvalue weighted by Gasteiger charge is 2.05. The number of hydrogen-bond acceptors (Lipinski definition) is 3. The Bertz CT molecular complexity index is 645. The average Bonchev–Trinajstić information content (AvgIpc) is 2.59. The highest BCUT2D eigenvalue weighted by molar-refractivity contribution is 5.93. The van der Waals surface area contributed by atoms with Gasteiger partial charge in [0.1, 0.15) is 5.82 Å². The average molecular weight is 315 g/mol. The molecule has 1 aromatic carbocycles. The summed E-state index contributed by atoms with van der Waals surface area (Å²) in [6.45, 7) is 0.699. The van der Waals surface area contributed by atoms with Gasteiger partial charge >= 0.3 is 0 Å².